The van der Waals surface area contributed by atoms with Gasteiger partial charge in [0.1, 0.15) is 0 Å². The number of nitro benzene ring substituents is 1. The van der Waals surface area contributed by atoms with E-state index in [9.17, 15) is 19.7 Å². The second-order valence-corrected chi connectivity index (χ2v) is 4.70. The molecule has 124 valence electrons. The van der Waals surface area contributed by atoms with Crippen molar-refractivity contribution in [3.63, 3.8) is 0 Å². The average Bonchev–Trinajstić information content (AvgIpc) is 2.58. The first-order valence-corrected chi connectivity index (χ1v) is 6.89. The van der Waals surface area contributed by atoms with Gasteiger partial charge in [0.05, 0.1) is 4.92 Å². The Hall–Kier alpha value is -3.42. The number of primary amides is 1. The summed E-state index contributed by atoms with van der Waals surface area (Å²) in [5.41, 5.74) is 5.38. The van der Waals surface area contributed by atoms with E-state index in [1.807, 2.05) is 0 Å². The molecule has 0 aliphatic carbocycles. The van der Waals surface area contributed by atoms with E-state index >= 15 is 0 Å². The van der Waals surface area contributed by atoms with E-state index in [2.05, 4.69) is 0 Å². The largest absolute Gasteiger partial charge is 0.475 e. The maximum absolute atomic E-state index is 11.9. The molecule has 0 unspecified atom stereocenters. The van der Waals surface area contributed by atoms with Gasteiger partial charge in [-0.25, -0.2) is 4.79 Å². The molecule has 2 aromatic rings. The van der Waals surface area contributed by atoms with Gasteiger partial charge in [0.15, 0.2) is 12.4 Å². The smallest absolute Gasteiger partial charge is 0.345 e. The van der Waals surface area contributed by atoms with Gasteiger partial charge in [-0.1, -0.05) is 42.5 Å². The number of nitrogens with zero attached hydrogens (tertiary/aromatic N) is 1. The summed E-state index contributed by atoms with van der Waals surface area (Å²) in [6, 6.07) is 13.9. The lowest BCUT2D eigenvalue weighted by molar-refractivity contribution is -0.385. The normalized spacial score (nSPS) is 11.3. The predicted octanol–water partition coefficient (Wildman–Crippen LogP) is 1.74. The standard InChI is InChI=1S/C16H14N2O6/c17-16(20)15(11-6-2-1-3-7-11)24-14(19)10-23-13-9-5-4-8-12(13)18(21)22/h1-9,15H,10H2,(H2,17,20)/t15-/m1/s1. The molecular weight excluding hydrogens is 316 g/mol. The number of hydrogen-bond donors (Lipinski definition) is 1. The van der Waals surface area contributed by atoms with Crippen LogP contribution in [0.5, 0.6) is 5.75 Å². The van der Waals surface area contributed by atoms with E-state index in [-0.39, 0.29) is 11.4 Å². The number of hydrogen-bond acceptors (Lipinski definition) is 6. The van der Waals surface area contributed by atoms with Gasteiger partial charge in [0.25, 0.3) is 5.91 Å². The molecule has 0 spiro atoms. The zero-order chi connectivity index (χ0) is 17.5. The molecule has 0 aromatic heterocycles. The van der Waals surface area contributed by atoms with Gasteiger partial charge in [-0.05, 0) is 6.07 Å². The monoisotopic (exact) mass is 330 g/mol. The van der Waals surface area contributed by atoms with Crippen molar-refractivity contribution in [3.05, 3.63) is 70.3 Å². The van der Waals surface area contributed by atoms with E-state index in [0.29, 0.717) is 5.56 Å². The Morgan fingerprint density at radius 1 is 1.08 bits per heavy atom. The molecule has 2 aromatic carbocycles. The molecule has 2 rings (SSSR count). The molecule has 8 heteroatoms. The van der Waals surface area contributed by atoms with Gasteiger partial charge < -0.3 is 15.2 Å². The molecule has 0 saturated heterocycles. The van der Waals surface area contributed by atoms with Crippen molar-refractivity contribution in [3.8, 4) is 5.75 Å². The minimum absolute atomic E-state index is 0.0743. The van der Waals surface area contributed by atoms with Crippen molar-refractivity contribution in [2.75, 3.05) is 6.61 Å². The van der Waals surface area contributed by atoms with Gasteiger partial charge in [-0.3, -0.25) is 14.9 Å². The summed E-state index contributed by atoms with van der Waals surface area (Å²) >= 11 is 0. The van der Waals surface area contributed by atoms with E-state index in [1.165, 1.54) is 24.3 Å². The first-order chi connectivity index (χ1) is 11.5. The third-order valence-corrected chi connectivity index (χ3v) is 3.02. The Balaban J connectivity index is 2.02. The summed E-state index contributed by atoms with van der Waals surface area (Å²) in [5, 5.41) is 10.9. The highest BCUT2D eigenvalue weighted by Gasteiger charge is 2.23. The lowest BCUT2D eigenvalue weighted by Gasteiger charge is -2.15. The molecule has 0 bridgehead atoms. The fourth-order valence-electron chi connectivity index (χ4n) is 1.95. The van der Waals surface area contributed by atoms with Crippen LogP contribution in [0.2, 0.25) is 0 Å². The first kappa shape index (κ1) is 16.9. The Kier molecular flexibility index (Phi) is 5.45. The summed E-state index contributed by atoms with van der Waals surface area (Å²) in [6.07, 6.45) is -1.26. The molecule has 0 aliphatic heterocycles. The number of nitrogens with two attached hydrogens (primary N) is 1. The molecule has 2 N–H and O–H groups in total. The fraction of sp³-hybridized carbons (Fsp3) is 0.125. The molecule has 0 saturated carbocycles. The van der Waals surface area contributed by atoms with Gasteiger partial charge in [0.2, 0.25) is 6.10 Å². The second kappa shape index (κ2) is 7.73. The number of benzene rings is 2. The van der Waals surface area contributed by atoms with Crippen LogP contribution in [0, 0.1) is 10.1 Å². The number of nitro groups is 1. The molecule has 1 amide bonds. The molecule has 0 aliphatic rings. The zero-order valence-electron chi connectivity index (χ0n) is 12.5. The van der Waals surface area contributed by atoms with Crippen molar-refractivity contribution in [1.29, 1.82) is 0 Å². The molecule has 0 fully saturated rings. The molecule has 1 atom stereocenters. The first-order valence-electron chi connectivity index (χ1n) is 6.89. The molecule has 0 radical (unpaired) electrons. The number of amides is 1. The van der Waals surface area contributed by atoms with Crippen LogP contribution >= 0.6 is 0 Å². The summed E-state index contributed by atoms with van der Waals surface area (Å²) in [5.74, 6) is -1.78. The summed E-state index contributed by atoms with van der Waals surface area (Å²) < 4.78 is 10.1. The Bertz CT molecular complexity index is 747. The third kappa shape index (κ3) is 4.29. The Labute approximate surface area is 136 Å². The molecule has 0 heterocycles. The van der Waals surface area contributed by atoms with Crippen LogP contribution in [-0.2, 0) is 14.3 Å². The maximum Gasteiger partial charge on any atom is 0.345 e. The minimum atomic E-state index is -1.26. The van der Waals surface area contributed by atoms with Crippen LogP contribution in [-0.4, -0.2) is 23.4 Å². The second-order valence-electron chi connectivity index (χ2n) is 4.70. The van der Waals surface area contributed by atoms with Crippen molar-refractivity contribution in [2.45, 2.75) is 6.10 Å². The molecule has 24 heavy (non-hydrogen) atoms. The summed E-state index contributed by atoms with van der Waals surface area (Å²) in [4.78, 5) is 33.6. The van der Waals surface area contributed by atoms with Gasteiger partial charge in [-0.15, -0.1) is 0 Å². The van der Waals surface area contributed by atoms with Crippen molar-refractivity contribution in [2.24, 2.45) is 5.73 Å². The van der Waals surface area contributed by atoms with Crippen LogP contribution in [0.1, 0.15) is 11.7 Å². The summed E-state index contributed by atoms with van der Waals surface area (Å²) in [7, 11) is 0. The molecule has 8 nitrogen and oxygen atoms in total. The van der Waals surface area contributed by atoms with Gasteiger partial charge in [-0.2, -0.15) is 0 Å². The Morgan fingerprint density at radius 2 is 1.71 bits per heavy atom. The van der Waals surface area contributed by atoms with Crippen molar-refractivity contribution >= 4 is 17.6 Å². The number of ether oxygens (including phenoxy) is 2. The van der Waals surface area contributed by atoms with Crippen molar-refractivity contribution < 1.29 is 24.0 Å². The van der Waals surface area contributed by atoms with Crippen LogP contribution in [0.25, 0.3) is 0 Å². The minimum Gasteiger partial charge on any atom is -0.475 e. The third-order valence-electron chi connectivity index (χ3n) is 3.02. The highest BCUT2D eigenvalue weighted by atomic mass is 16.6. The SMILES string of the molecule is NC(=O)[C@H](OC(=O)COc1ccccc1[N+](=O)[O-])c1ccccc1. The maximum atomic E-state index is 11.9. The van der Waals surface area contributed by atoms with Crippen LogP contribution < -0.4 is 10.5 Å². The van der Waals surface area contributed by atoms with E-state index in [4.69, 9.17) is 15.2 Å². The van der Waals surface area contributed by atoms with E-state index in [0.717, 1.165) is 0 Å². The van der Waals surface area contributed by atoms with Crippen molar-refractivity contribution in [1.82, 2.24) is 0 Å². The predicted molar refractivity (Wildman–Crippen MR) is 83.1 cm³/mol. The lowest BCUT2D eigenvalue weighted by Crippen LogP contribution is -2.28. The van der Waals surface area contributed by atoms with Gasteiger partial charge in [0, 0.05) is 11.6 Å². The number of esters is 1. The van der Waals surface area contributed by atoms with E-state index in [1.54, 1.807) is 30.3 Å². The number of carbonyl (C=O) groups excluding carboxylic acids is 2. The van der Waals surface area contributed by atoms with Gasteiger partial charge >= 0.3 is 11.7 Å². The Morgan fingerprint density at radius 3 is 2.33 bits per heavy atom. The topological polar surface area (TPSA) is 122 Å². The van der Waals surface area contributed by atoms with E-state index < -0.39 is 29.5 Å². The number of para-hydroxylation sites is 2. The van der Waals surface area contributed by atoms with Crippen LogP contribution in [0.15, 0.2) is 54.6 Å². The van der Waals surface area contributed by atoms with Crippen LogP contribution in [0.3, 0.4) is 0 Å². The fourth-order valence-corrected chi connectivity index (χ4v) is 1.95. The molecular formula is C16H14N2O6. The number of rotatable bonds is 7. The average molecular weight is 330 g/mol. The van der Waals surface area contributed by atoms with Crippen LogP contribution in [0.4, 0.5) is 5.69 Å². The number of carbonyl (C=O) groups is 2. The summed E-state index contributed by atoms with van der Waals surface area (Å²) in [6.45, 7) is -0.596. The highest BCUT2D eigenvalue weighted by Crippen LogP contribution is 2.26. The zero-order valence-corrected chi connectivity index (χ0v) is 12.5. The lowest BCUT2D eigenvalue weighted by atomic mass is 10.1. The highest BCUT2D eigenvalue weighted by molar-refractivity contribution is 5.84. The quantitative estimate of drug-likeness (QED) is 0.469.